The van der Waals surface area contributed by atoms with E-state index in [0.717, 1.165) is 11.1 Å². The molecule has 48 heavy (non-hydrogen) atoms. The first-order chi connectivity index (χ1) is 23.1. The Kier molecular flexibility index (Phi) is 9.87. The van der Waals surface area contributed by atoms with Gasteiger partial charge in [-0.3, -0.25) is 9.59 Å². The van der Waals surface area contributed by atoms with Crippen LogP contribution in [0.5, 0.6) is 11.5 Å². The van der Waals surface area contributed by atoms with E-state index < -0.39 is 23.3 Å². The molecule has 5 aromatic rings. The van der Waals surface area contributed by atoms with Crippen LogP contribution in [0.1, 0.15) is 34.3 Å². The van der Waals surface area contributed by atoms with Crippen molar-refractivity contribution in [3.8, 4) is 22.6 Å². The zero-order valence-corrected chi connectivity index (χ0v) is 28.5. The van der Waals surface area contributed by atoms with E-state index in [2.05, 4.69) is 26.6 Å². The Hall–Kier alpha value is -4.63. The summed E-state index contributed by atoms with van der Waals surface area (Å²) in [5.41, 5.74) is 2.68. The van der Waals surface area contributed by atoms with Crippen LogP contribution >= 0.6 is 39.1 Å². The average Bonchev–Trinajstić information content (AvgIpc) is 3.88. The second-order valence-electron chi connectivity index (χ2n) is 11.5. The van der Waals surface area contributed by atoms with Crippen molar-refractivity contribution in [2.45, 2.75) is 30.7 Å². The number of anilines is 1. The van der Waals surface area contributed by atoms with E-state index in [0.29, 0.717) is 50.0 Å². The zero-order chi connectivity index (χ0) is 33.8. The van der Waals surface area contributed by atoms with Crippen molar-refractivity contribution in [3.63, 3.8) is 0 Å². The van der Waals surface area contributed by atoms with Crippen molar-refractivity contribution >= 4 is 62.6 Å². The van der Waals surface area contributed by atoms with Gasteiger partial charge in [-0.05, 0) is 78.1 Å². The number of amides is 2. The largest absolute Gasteiger partial charge is 0.480 e. The molecule has 0 radical (unpaired) electrons. The molecule has 7 nitrogen and oxygen atoms in total. The number of hydrogen-bond acceptors (Lipinski definition) is 4. The summed E-state index contributed by atoms with van der Waals surface area (Å²) in [7, 11) is 0. The SMILES string of the molecule is O=C(N[C@@H](Cc1ccc(-c2ccccc2Oc2ccccc2)cc1)C(=O)O)c1cc(Br)ccc1NC(=O)C1(c2ccc(Cl)cc2Cl)CC1. The minimum absolute atomic E-state index is 0.0391. The number of carbonyl (C=O) groups is 3. The highest BCUT2D eigenvalue weighted by Gasteiger charge is 2.52. The molecule has 0 heterocycles. The first kappa shape index (κ1) is 33.3. The van der Waals surface area contributed by atoms with Crippen molar-refractivity contribution in [3.05, 3.63) is 146 Å². The van der Waals surface area contributed by atoms with Crippen LogP contribution in [-0.4, -0.2) is 28.9 Å². The van der Waals surface area contributed by atoms with Gasteiger partial charge >= 0.3 is 5.97 Å². The van der Waals surface area contributed by atoms with Crippen molar-refractivity contribution < 1.29 is 24.2 Å². The minimum atomic E-state index is -1.23. The molecule has 1 atom stereocenters. The van der Waals surface area contributed by atoms with Gasteiger partial charge in [0.15, 0.2) is 0 Å². The molecule has 2 amide bonds. The summed E-state index contributed by atoms with van der Waals surface area (Å²) in [6, 6.07) is 33.3. The Labute approximate surface area is 296 Å². The third-order valence-electron chi connectivity index (χ3n) is 8.27. The lowest BCUT2D eigenvalue weighted by atomic mass is 9.94. The number of hydrogen-bond donors (Lipinski definition) is 3. The van der Waals surface area contributed by atoms with Gasteiger partial charge in [0, 0.05) is 26.5 Å². The summed E-state index contributed by atoms with van der Waals surface area (Å²) in [6.45, 7) is 0. The highest BCUT2D eigenvalue weighted by atomic mass is 79.9. The molecule has 1 fully saturated rings. The van der Waals surface area contributed by atoms with E-state index in [1.807, 2.05) is 78.9 Å². The van der Waals surface area contributed by atoms with Crippen LogP contribution in [0.4, 0.5) is 5.69 Å². The number of benzene rings is 5. The van der Waals surface area contributed by atoms with Gasteiger partial charge in [0.1, 0.15) is 17.5 Å². The quantitative estimate of drug-likeness (QED) is 0.125. The van der Waals surface area contributed by atoms with Crippen LogP contribution in [-0.2, 0) is 21.4 Å². The zero-order valence-electron chi connectivity index (χ0n) is 25.4. The molecule has 10 heteroatoms. The Bertz CT molecular complexity index is 2000. The normalized spacial score (nSPS) is 13.6. The summed E-state index contributed by atoms with van der Waals surface area (Å²) in [6.07, 6.45) is 1.21. The van der Waals surface area contributed by atoms with Crippen LogP contribution in [0, 0.1) is 0 Å². The standard InChI is InChI=1S/C38H29BrCl2N2O5/c39-25-14-17-32(43-37(47)38(18-19-38)30-16-15-26(40)22-31(30)41)29(21-25)35(44)42-33(36(45)46)20-23-10-12-24(13-11-23)28-8-4-5-9-34(28)48-27-6-2-1-3-7-27/h1-17,21-22,33H,18-20H2,(H,42,44)(H,43,47)(H,45,46)/t33-/m0/s1. The van der Waals surface area contributed by atoms with E-state index in [1.165, 1.54) is 0 Å². The second-order valence-corrected chi connectivity index (χ2v) is 13.3. The van der Waals surface area contributed by atoms with Crippen LogP contribution in [0.25, 0.3) is 11.1 Å². The molecule has 0 aliphatic heterocycles. The Morgan fingerprint density at radius 1 is 0.854 bits per heavy atom. The lowest BCUT2D eigenvalue weighted by Crippen LogP contribution is -2.42. The minimum Gasteiger partial charge on any atom is -0.480 e. The lowest BCUT2D eigenvalue weighted by molar-refractivity contribution is -0.139. The number of aliphatic carboxylic acids is 1. The van der Waals surface area contributed by atoms with Crippen molar-refractivity contribution in [1.29, 1.82) is 0 Å². The smallest absolute Gasteiger partial charge is 0.326 e. The molecule has 1 aliphatic rings. The third-order valence-corrected chi connectivity index (χ3v) is 9.31. The highest BCUT2D eigenvalue weighted by molar-refractivity contribution is 9.10. The van der Waals surface area contributed by atoms with Gasteiger partial charge in [-0.15, -0.1) is 0 Å². The fourth-order valence-electron chi connectivity index (χ4n) is 5.58. The molecule has 0 bridgehead atoms. The topological polar surface area (TPSA) is 105 Å². The summed E-state index contributed by atoms with van der Waals surface area (Å²) in [5, 5.41) is 16.5. The Morgan fingerprint density at radius 3 is 2.25 bits per heavy atom. The van der Waals surface area contributed by atoms with E-state index >= 15 is 0 Å². The molecular weight excluding hydrogens is 715 g/mol. The molecule has 242 valence electrons. The van der Waals surface area contributed by atoms with Crippen molar-refractivity contribution in [1.82, 2.24) is 5.32 Å². The molecular formula is C38H29BrCl2N2O5. The number of para-hydroxylation sites is 2. The van der Waals surface area contributed by atoms with E-state index in [9.17, 15) is 19.5 Å². The first-order valence-corrected chi connectivity index (χ1v) is 16.7. The van der Waals surface area contributed by atoms with E-state index in [-0.39, 0.29) is 23.6 Å². The predicted octanol–water partition coefficient (Wildman–Crippen LogP) is 9.31. The summed E-state index contributed by atoms with van der Waals surface area (Å²) in [4.78, 5) is 39.4. The van der Waals surface area contributed by atoms with E-state index in [1.54, 1.807) is 36.4 Å². The Morgan fingerprint density at radius 2 is 1.56 bits per heavy atom. The maximum Gasteiger partial charge on any atom is 0.326 e. The number of rotatable bonds is 11. The summed E-state index contributed by atoms with van der Waals surface area (Å²) >= 11 is 15.9. The molecule has 0 unspecified atom stereocenters. The van der Waals surface area contributed by atoms with E-state index in [4.69, 9.17) is 27.9 Å². The number of carboxylic acids is 1. The molecule has 5 aromatic carbocycles. The van der Waals surface area contributed by atoms with Crippen molar-refractivity contribution in [2.75, 3.05) is 5.32 Å². The van der Waals surface area contributed by atoms with Gasteiger partial charge < -0.3 is 20.5 Å². The lowest BCUT2D eigenvalue weighted by Gasteiger charge is -2.20. The maximum absolute atomic E-state index is 13.6. The summed E-state index contributed by atoms with van der Waals surface area (Å²) in [5.74, 6) is -0.740. The Balaban J connectivity index is 1.17. The van der Waals surface area contributed by atoms with Gasteiger partial charge in [-0.25, -0.2) is 4.79 Å². The number of nitrogens with one attached hydrogen (secondary N) is 2. The molecule has 0 aromatic heterocycles. The molecule has 1 saturated carbocycles. The van der Waals surface area contributed by atoms with Crippen LogP contribution < -0.4 is 15.4 Å². The fourth-order valence-corrected chi connectivity index (χ4v) is 6.53. The maximum atomic E-state index is 13.6. The second kappa shape index (κ2) is 14.2. The van der Waals surface area contributed by atoms with Gasteiger partial charge in [-0.1, -0.05) is 106 Å². The van der Waals surface area contributed by atoms with Crippen LogP contribution in [0.2, 0.25) is 10.0 Å². The van der Waals surface area contributed by atoms with Gasteiger partial charge in [0.2, 0.25) is 5.91 Å². The fraction of sp³-hybridized carbons (Fsp3) is 0.132. The third kappa shape index (κ3) is 7.41. The van der Waals surface area contributed by atoms with Crippen LogP contribution in [0.15, 0.2) is 120 Å². The number of halogens is 3. The molecule has 6 rings (SSSR count). The molecule has 3 N–H and O–H groups in total. The van der Waals surface area contributed by atoms with Gasteiger partial charge in [-0.2, -0.15) is 0 Å². The van der Waals surface area contributed by atoms with Gasteiger partial charge in [0.25, 0.3) is 5.91 Å². The molecule has 0 spiro atoms. The average molecular weight is 744 g/mol. The molecule has 1 aliphatic carbocycles. The number of ether oxygens (including phenoxy) is 1. The predicted molar refractivity (Wildman–Crippen MR) is 191 cm³/mol. The first-order valence-electron chi connectivity index (χ1n) is 15.1. The summed E-state index contributed by atoms with van der Waals surface area (Å²) < 4.78 is 6.70. The van der Waals surface area contributed by atoms with Crippen molar-refractivity contribution in [2.24, 2.45) is 0 Å². The van der Waals surface area contributed by atoms with Crippen LogP contribution in [0.3, 0.4) is 0 Å². The highest BCUT2D eigenvalue weighted by Crippen LogP contribution is 2.51. The molecule has 0 saturated heterocycles. The van der Waals surface area contributed by atoms with Gasteiger partial charge in [0.05, 0.1) is 16.7 Å². The number of carbonyl (C=O) groups excluding carboxylic acids is 2. The monoisotopic (exact) mass is 742 g/mol. The number of carboxylic acid groups (broad SMARTS) is 1.